The normalized spacial score (nSPS) is 12.9. The van der Waals surface area contributed by atoms with Crippen LogP contribution in [0.2, 0.25) is 0 Å². The summed E-state index contributed by atoms with van der Waals surface area (Å²) in [6.45, 7) is -1.05. The molecule has 0 bridgehead atoms. The van der Waals surface area contributed by atoms with Crippen molar-refractivity contribution in [2.24, 2.45) is 0 Å². The number of anilines is 2. The fourth-order valence-corrected chi connectivity index (χ4v) is 3.25. The van der Waals surface area contributed by atoms with Gasteiger partial charge in [0.05, 0.1) is 6.54 Å². The Kier molecular flexibility index (Phi) is 8.74. The predicted molar refractivity (Wildman–Crippen MR) is 123 cm³/mol. The van der Waals surface area contributed by atoms with Gasteiger partial charge in [-0.3, -0.25) is 0 Å². The Morgan fingerprint density at radius 2 is 1.49 bits per heavy atom. The van der Waals surface area contributed by atoms with Gasteiger partial charge in [-0.05, 0) is 47.5 Å². The first-order valence-electron chi connectivity index (χ1n) is 10.8. The van der Waals surface area contributed by atoms with Crippen molar-refractivity contribution in [1.29, 1.82) is 0 Å². The molecule has 0 aliphatic heterocycles. The standard InChI is InChI=1S/C25H23F7N2O3/c26-23(27)25(31,32)37-21-6-1-3-17(11-21)13-34(14-22(35)24(28,29)30)19-4-2-5-20(12-19)36-15-16-7-9-18(33)10-8-16/h1-12,22-23,35H,13-15,33H2. The van der Waals surface area contributed by atoms with Crippen LogP contribution in [0.1, 0.15) is 11.1 Å². The van der Waals surface area contributed by atoms with Crippen molar-refractivity contribution in [2.45, 2.75) is 38.0 Å². The molecule has 12 heteroatoms. The fraction of sp³-hybridized carbons (Fsp3) is 0.280. The first kappa shape index (κ1) is 27.9. The third-order valence-corrected chi connectivity index (χ3v) is 5.12. The number of hydrogen-bond acceptors (Lipinski definition) is 5. The molecule has 0 saturated carbocycles. The second-order valence-corrected chi connectivity index (χ2v) is 8.08. The summed E-state index contributed by atoms with van der Waals surface area (Å²) in [6, 6.07) is 17.5. The molecule has 3 N–H and O–H groups in total. The smallest absolute Gasteiger partial charge is 0.461 e. The lowest BCUT2D eigenvalue weighted by Crippen LogP contribution is -2.40. The lowest BCUT2D eigenvalue weighted by molar-refractivity contribution is -0.253. The average molecular weight is 532 g/mol. The van der Waals surface area contributed by atoms with E-state index in [1.54, 1.807) is 30.3 Å². The molecule has 0 amide bonds. The summed E-state index contributed by atoms with van der Waals surface area (Å²) < 4.78 is 101. The number of benzene rings is 3. The van der Waals surface area contributed by atoms with Gasteiger partial charge in [0.2, 0.25) is 0 Å². The number of aliphatic hydroxyl groups is 1. The molecule has 0 aliphatic carbocycles. The van der Waals surface area contributed by atoms with Crippen LogP contribution in [0, 0.1) is 0 Å². The van der Waals surface area contributed by atoms with Gasteiger partial charge >= 0.3 is 18.7 Å². The Morgan fingerprint density at radius 1 is 0.838 bits per heavy atom. The number of nitrogen functional groups attached to an aromatic ring is 1. The second kappa shape index (κ2) is 11.6. The summed E-state index contributed by atoms with van der Waals surface area (Å²) in [4.78, 5) is 1.15. The third-order valence-electron chi connectivity index (χ3n) is 5.12. The average Bonchev–Trinajstić information content (AvgIpc) is 2.82. The van der Waals surface area contributed by atoms with Crippen molar-refractivity contribution in [3.63, 3.8) is 0 Å². The van der Waals surface area contributed by atoms with Crippen LogP contribution in [0.15, 0.2) is 72.8 Å². The lowest BCUT2D eigenvalue weighted by atomic mass is 10.1. The minimum atomic E-state index is -4.92. The fourth-order valence-electron chi connectivity index (χ4n) is 3.25. The molecule has 0 aliphatic rings. The van der Waals surface area contributed by atoms with Gasteiger partial charge in [-0.25, -0.2) is 0 Å². The molecular formula is C25H23F7N2O3. The minimum absolute atomic E-state index is 0.145. The predicted octanol–water partition coefficient (Wildman–Crippen LogP) is 6.01. The molecule has 1 unspecified atom stereocenters. The molecule has 0 spiro atoms. The summed E-state index contributed by atoms with van der Waals surface area (Å²) in [5.41, 5.74) is 7.40. The Hall–Kier alpha value is -3.67. The molecule has 3 aromatic carbocycles. The van der Waals surface area contributed by atoms with Crippen LogP contribution in [-0.2, 0) is 13.2 Å². The van der Waals surface area contributed by atoms with Crippen molar-refractivity contribution in [2.75, 3.05) is 17.2 Å². The molecule has 0 radical (unpaired) electrons. The maximum absolute atomic E-state index is 13.3. The van der Waals surface area contributed by atoms with E-state index in [0.717, 1.165) is 22.6 Å². The highest BCUT2D eigenvalue weighted by Gasteiger charge is 2.44. The quantitative estimate of drug-likeness (QED) is 0.234. The zero-order chi connectivity index (χ0) is 27.2. The number of nitrogens with two attached hydrogens (primary N) is 1. The number of alkyl halides is 7. The van der Waals surface area contributed by atoms with Crippen LogP contribution in [0.5, 0.6) is 11.5 Å². The number of ether oxygens (including phenoxy) is 2. The number of aliphatic hydroxyl groups excluding tert-OH is 1. The van der Waals surface area contributed by atoms with E-state index in [2.05, 4.69) is 4.74 Å². The molecule has 0 heterocycles. The summed E-state index contributed by atoms with van der Waals surface area (Å²) in [6.07, 6.45) is -16.5. The van der Waals surface area contributed by atoms with E-state index >= 15 is 0 Å². The zero-order valence-electron chi connectivity index (χ0n) is 19.1. The van der Waals surface area contributed by atoms with Crippen LogP contribution < -0.4 is 20.1 Å². The highest BCUT2D eigenvalue weighted by molar-refractivity contribution is 5.52. The summed E-state index contributed by atoms with van der Waals surface area (Å²) in [5.74, 6) is -0.283. The van der Waals surface area contributed by atoms with Gasteiger partial charge in [-0.2, -0.15) is 30.7 Å². The molecule has 5 nitrogen and oxygen atoms in total. The molecule has 3 rings (SSSR count). The van der Waals surface area contributed by atoms with E-state index < -0.39 is 37.1 Å². The molecule has 3 aromatic rings. The Balaban J connectivity index is 1.83. The van der Waals surface area contributed by atoms with Gasteiger partial charge < -0.3 is 25.2 Å². The minimum Gasteiger partial charge on any atom is -0.489 e. The summed E-state index contributed by atoms with van der Waals surface area (Å²) in [7, 11) is 0. The highest BCUT2D eigenvalue weighted by Crippen LogP contribution is 2.30. The van der Waals surface area contributed by atoms with E-state index in [0.29, 0.717) is 11.4 Å². The van der Waals surface area contributed by atoms with E-state index in [9.17, 15) is 35.8 Å². The summed E-state index contributed by atoms with van der Waals surface area (Å²) >= 11 is 0. The Labute approximate surface area is 207 Å². The zero-order valence-corrected chi connectivity index (χ0v) is 19.1. The molecule has 0 saturated heterocycles. The third kappa shape index (κ3) is 8.17. The van der Waals surface area contributed by atoms with Gasteiger partial charge in [0.25, 0.3) is 0 Å². The van der Waals surface area contributed by atoms with Crippen LogP contribution in [0.3, 0.4) is 0 Å². The maximum atomic E-state index is 13.3. The molecular weight excluding hydrogens is 509 g/mol. The van der Waals surface area contributed by atoms with Gasteiger partial charge in [0.15, 0.2) is 6.10 Å². The largest absolute Gasteiger partial charge is 0.489 e. The topological polar surface area (TPSA) is 68.0 Å². The second-order valence-electron chi connectivity index (χ2n) is 8.08. The van der Waals surface area contributed by atoms with Crippen molar-refractivity contribution in [1.82, 2.24) is 0 Å². The molecule has 0 fully saturated rings. The number of rotatable bonds is 11. The van der Waals surface area contributed by atoms with Crippen LogP contribution in [0.25, 0.3) is 0 Å². The molecule has 1 atom stereocenters. The van der Waals surface area contributed by atoms with Crippen LogP contribution in [-0.4, -0.2) is 36.5 Å². The summed E-state index contributed by atoms with van der Waals surface area (Å²) in [5, 5.41) is 9.69. The maximum Gasteiger partial charge on any atom is 0.461 e. The monoisotopic (exact) mass is 532 g/mol. The van der Waals surface area contributed by atoms with Crippen molar-refractivity contribution in [3.8, 4) is 11.5 Å². The first-order valence-corrected chi connectivity index (χ1v) is 10.8. The molecule has 200 valence electrons. The van der Waals surface area contributed by atoms with Crippen molar-refractivity contribution < 1.29 is 45.3 Å². The van der Waals surface area contributed by atoms with Gasteiger partial charge in [-0.1, -0.05) is 30.3 Å². The SMILES string of the molecule is Nc1ccc(COc2cccc(N(Cc3cccc(OC(F)(F)C(F)F)c3)CC(O)C(F)(F)F)c2)cc1. The number of nitrogens with zero attached hydrogens (tertiary/aromatic N) is 1. The molecule has 0 aromatic heterocycles. The van der Waals surface area contributed by atoms with Gasteiger partial charge in [0.1, 0.15) is 18.1 Å². The van der Waals surface area contributed by atoms with E-state index in [1.807, 2.05) is 0 Å². The van der Waals surface area contributed by atoms with Crippen molar-refractivity contribution >= 4 is 11.4 Å². The van der Waals surface area contributed by atoms with E-state index in [1.165, 1.54) is 30.3 Å². The van der Waals surface area contributed by atoms with Crippen LogP contribution >= 0.6 is 0 Å². The number of halogens is 7. The Bertz CT molecular complexity index is 1160. The van der Waals surface area contributed by atoms with Crippen molar-refractivity contribution in [3.05, 3.63) is 83.9 Å². The highest BCUT2D eigenvalue weighted by atomic mass is 19.4. The first-order chi connectivity index (χ1) is 17.3. The van der Waals surface area contributed by atoms with Gasteiger partial charge in [0, 0.05) is 24.0 Å². The Morgan fingerprint density at radius 3 is 2.14 bits per heavy atom. The van der Waals surface area contributed by atoms with E-state index in [4.69, 9.17) is 10.5 Å². The molecule has 37 heavy (non-hydrogen) atoms. The number of hydrogen-bond donors (Lipinski definition) is 2. The van der Waals surface area contributed by atoms with Crippen LogP contribution in [0.4, 0.5) is 42.1 Å². The van der Waals surface area contributed by atoms with Gasteiger partial charge in [-0.15, -0.1) is 0 Å². The van der Waals surface area contributed by atoms with E-state index in [-0.39, 0.29) is 24.4 Å². The lowest BCUT2D eigenvalue weighted by Gasteiger charge is -2.29.